The summed E-state index contributed by atoms with van der Waals surface area (Å²) in [6, 6.07) is 3.09. The average molecular weight is 297 g/mol. The van der Waals surface area contributed by atoms with Crippen molar-refractivity contribution >= 4 is 5.91 Å². The van der Waals surface area contributed by atoms with Gasteiger partial charge in [0.2, 0.25) is 5.91 Å². The van der Waals surface area contributed by atoms with Gasteiger partial charge in [0, 0.05) is 30.8 Å². The Balaban J connectivity index is 1.87. The molecule has 0 bridgehead atoms. The van der Waals surface area contributed by atoms with Crippen molar-refractivity contribution in [1.29, 1.82) is 0 Å². The first-order chi connectivity index (χ1) is 9.95. The summed E-state index contributed by atoms with van der Waals surface area (Å²) in [5.41, 5.74) is 6.10. The van der Waals surface area contributed by atoms with Crippen LogP contribution in [0.2, 0.25) is 0 Å². The van der Waals surface area contributed by atoms with Gasteiger partial charge in [-0.15, -0.1) is 0 Å². The van der Waals surface area contributed by atoms with Crippen molar-refractivity contribution in [2.75, 3.05) is 19.6 Å². The number of hydrogen-bond acceptors (Lipinski definition) is 3. The molecule has 1 atom stereocenters. The van der Waals surface area contributed by atoms with Gasteiger partial charge in [-0.1, -0.05) is 6.07 Å². The van der Waals surface area contributed by atoms with Crippen molar-refractivity contribution in [3.63, 3.8) is 0 Å². The van der Waals surface area contributed by atoms with Gasteiger partial charge in [0.15, 0.2) is 0 Å². The predicted octanol–water partition coefficient (Wildman–Crippen LogP) is 1.57. The third-order valence-electron chi connectivity index (χ3n) is 3.81. The van der Waals surface area contributed by atoms with Gasteiger partial charge in [-0.2, -0.15) is 0 Å². The molecule has 0 aliphatic carbocycles. The van der Waals surface area contributed by atoms with Crippen LogP contribution >= 0.6 is 0 Å². The number of carbonyl (C=O) groups excluding carboxylic acids is 1. The van der Waals surface area contributed by atoms with Crippen molar-refractivity contribution in [3.05, 3.63) is 35.4 Å². The van der Waals surface area contributed by atoms with E-state index < -0.39 is 17.7 Å². The Labute approximate surface area is 123 Å². The van der Waals surface area contributed by atoms with E-state index in [1.165, 1.54) is 12.1 Å². The van der Waals surface area contributed by atoms with Crippen LogP contribution in [0.15, 0.2) is 18.2 Å². The zero-order chi connectivity index (χ0) is 15.4. The fraction of sp³-hybridized carbons (Fsp3) is 0.533. The van der Waals surface area contributed by atoms with Crippen LogP contribution in [-0.4, -0.2) is 36.5 Å². The van der Waals surface area contributed by atoms with Gasteiger partial charge in [0.25, 0.3) is 0 Å². The zero-order valence-electron chi connectivity index (χ0n) is 12.1. The Kier molecular flexibility index (Phi) is 5.25. The molecule has 4 nitrogen and oxygen atoms in total. The van der Waals surface area contributed by atoms with E-state index in [9.17, 15) is 13.6 Å². The smallest absolute Gasteiger partial charge is 0.234 e. The van der Waals surface area contributed by atoms with Gasteiger partial charge in [-0.3, -0.25) is 9.69 Å². The Bertz CT molecular complexity index is 502. The lowest BCUT2D eigenvalue weighted by molar-refractivity contribution is -0.123. The summed E-state index contributed by atoms with van der Waals surface area (Å²) >= 11 is 0. The highest BCUT2D eigenvalue weighted by molar-refractivity contribution is 5.78. The highest BCUT2D eigenvalue weighted by Gasteiger charge is 2.20. The summed E-state index contributed by atoms with van der Waals surface area (Å²) in [5.74, 6) is -1.44. The number of piperidine rings is 1. The van der Waals surface area contributed by atoms with E-state index in [-0.39, 0.29) is 24.1 Å². The van der Waals surface area contributed by atoms with E-state index in [2.05, 4.69) is 5.32 Å². The maximum atomic E-state index is 13.6. The van der Waals surface area contributed by atoms with Crippen molar-refractivity contribution in [2.24, 2.45) is 5.73 Å². The third kappa shape index (κ3) is 4.47. The minimum absolute atomic E-state index is 0.165. The molecule has 0 radical (unpaired) electrons. The second-order valence-corrected chi connectivity index (χ2v) is 5.57. The number of nitrogens with one attached hydrogen (secondary N) is 1. The second kappa shape index (κ2) is 6.95. The van der Waals surface area contributed by atoms with E-state index in [1.54, 1.807) is 6.92 Å². The van der Waals surface area contributed by atoms with Crippen LogP contribution in [0.5, 0.6) is 0 Å². The molecule has 116 valence electrons. The SMILES string of the molecule is CC(NC(=O)CN1CCC(N)CC1)c1ccc(F)cc1F. The first-order valence-electron chi connectivity index (χ1n) is 7.18. The molecule has 1 aliphatic rings. The van der Waals surface area contributed by atoms with Crippen LogP contribution < -0.4 is 11.1 Å². The van der Waals surface area contributed by atoms with E-state index >= 15 is 0 Å². The molecule has 1 amide bonds. The predicted molar refractivity (Wildman–Crippen MR) is 76.6 cm³/mol. The maximum absolute atomic E-state index is 13.6. The Morgan fingerprint density at radius 1 is 1.43 bits per heavy atom. The number of likely N-dealkylation sites (tertiary alicyclic amines) is 1. The number of amides is 1. The molecule has 1 unspecified atom stereocenters. The Hall–Kier alpha value is -1.53. The fourth-order valence-corrected chi connectivity index (χ4v) is 2.53. The summed E-state index contributed by atoms with van der Waals surface area (Å²) in [7, 11) is 0. The second-order valence-electron chi connectivity index (χ2n) is 5.57. The minimum Gasteiger partial charge on any atom is -0.348 e. The van der Waals surface area contributed by atoms with Crippen LogP contribution in [0, 0.1) is 11.6 Å². The van der Waals surface area contributed by atoms with Crippen molar-refractivity contribution in [2.45, 2.75) is 31.8 Å². The summed E-state index contributed by atoms with van der Waals surface area (Å²) < 4.78 is 26.5. The molecule has 0 aromatic heterocycles. The topological polar surface area (TPSA) is 58.4 Å². The molecule has 1 aromatic rings. The molecule has 1 heterocycles. The first-order valence-corrected chi connectivity index (χ1v) is 7.18. The Morgan fingerprint density at radius 3 is 2.71 bits per heavy atom. The van der Waals surface area contributed by atoms with E-state index in [0.717, 1.165) is 32.0 Å². The number of nitrogens with two attached hydrogens (primary N) is 1. The van der Waals surface area contributed by atoms with Gasteiger partial charge in [0.05, 0.1) is 12.6 Å². The molecule has 0 spiro atoms. The molecule has 2 rings (SSSR count). The number of nitrogens with zero attached hydrogens (tertiary/aromatic N) is 1. The van der Waals surface area contributed by atoms with Gasteiger partial charge >= 0.3 is 0 Å². The largest absolute Gasteiger partial charge is 0.348 e. The lowest BCUT2D eigenvalue weighted by atomic mass is 10.1. The van der Waals surface area contributed by atoms with Crippen molar-refractivity contribution < 1.29 is 13.6 Å². The van der Waals surface area contributed by atoms with Gasteiger partial charge < -0.3 is 11.1 Å². The fourth-order valence-electron chi connectivity index (χ4n) is 2.53. The normalized spacial score (nSPS) is 18.5. The summed E-state index contributed by atoms with van der Waals surface area (Å²) in [5, 5.41) is 2.74. The number of hydrogen-bond donors (Lipinski definition) is 2. The van der Waals surface area contributed by atoms with E-state index in [4.69, 9.17) is 5.73 Å². The molecule has 1 saturated heterocycles. The van der Waals surface area contributed by atoms with E-state index in [0.29, 0.717) is 0 Å². The average Bonchev–Trinajstić information content (AvgIpc) is 2.41. The number of carbonyl (C=O) groups is 1. The number of rotatable bonds is 4. The van der Waals surface area contributed by atoms with Crippen LogP contribution in [0.1, 0.15) is 31.4 Å². The van der Waals surface area contributed by atoms with E-state index in [1.807, 2.05) is 4.90 Å². The summed E-state index contributed by atoms with van der Waals surface area (Å²) in [6.07, 6.45) is 1.77. The molecule has 3 N–H and O–H groups in total. The highest BCUT2D eigenvalue weighted by atomic mass is 19.1. The standard InChI is InChI=1S/C15H21F2N3O/c1-10(13-3-2-11(16)8-14(13)17)19-15(21)9-20-6-4-12(18)5-7-20/h2-3,8,10,12H,4-7,9,18H2,1H3,(H,19,21). The minimum atomic E-state index is -0.647. The van der Waals surface area contributed by atoms with Crippen molar-refractivity contribution in [3.8, 4) is 0 Å². The molecular formula is C15H21F2N3O. The Morgan fingerprint density at radius 2 is 2.10 bits per heavy atom. The lowest BCUT2D eigenvalue weighted by Crippen LogP contribution is -2.45. The molecule has 1 aromatic carbocycles. The van der Waals surface area contributed by atoms with Gasteiger partial charge in [-0.05, 0) is 25.8 Å². The van der Waals surface area contributed by atoms with Crippen molar-refractivity contribution in [1.82, 2.24) is 10.2 Å². The molecule has 1 fully saturated rings. The van der Waals surface area contributed by atoms with Gasteiger partial charge in [-0.25, -0.2) is 8.78 Å². The molecule has 1 aliphatic heterocycles. The molecule has 0 saturated carbocycles. The molecular weight excluding hydrogens is 276 g/mol. The first kappa shape index (κ1) is 15.9. The highest BCUT2D eigenvalue weighted by Crippen LogP contribution is 2.17. The number of benzene rings is 1. The molecule has 6 heteroatoms. The third-order valence-corrected chi connectivity index (χ3v) is 3.81. The van der Waals surface area contributed by atoms with Gasteiger partial charge in [0.1, 0.15) is 11.6 Å². The van der Waals surface area contributed by atoms with Crippen LogP contribution in [0.3, 0.4) is 0 Å². The number of halogens is 2. The quantitative estimate of drug-likeness (QED) is 0.887. The maximum Gasteiger partial charge on any atom is 0.234 e. The molecule has 21 heavy (non-hydrogen) atoms. The summed E-state index contributed by atoms with van der Waals surface area (Å²) in [4.78, 5) is 14.0. The van der Waals surface area contributed by atoms with Crippen LogP contribution in [0.25, 0.3) is 0 Å². The summed E-state index contributed by atoms with van der Waals surface area (Å²) in [6.45, 7) is 3.56. The monoisotopic (exact) mass is 297 g/mol. The van der Waals surface area contributed by atoms with Crippen LogP contribution in [-0.2, 0) is 4.79 Å². The lowest BCUT2D eigenvalue weighted by Gasteiger charge is -2.29. The van der Waals surface area contributed by atoms with Crippen LogP contribution in [0.4, 0.5) is 8.78 Å². The zero-order valence-corrected chi connectivity index (χ0v) is 12.1.